The van der Waals surface area contributed by atoms with Gasteiger partial charge < -0.3 is 13.9 Å². The maximum atomic E-state index is 14.6. The van der Waals surface area contributed by atoms with Crippen LogP contribution in [0, 0.1) is 5.82 Å². The lowest BCUT2D eigenvalue weighted by Gasteiger charge is -2.19. The molecule has 0 N–H and O–H groups in total. The van der Waals surface area contributed by atoms with E-state index in [4.69, 9.17) is 9.15 Å². The first-order chi connectivity index (χ1) is 14.9. The van der Waals surface area contributed by atoms with Gasteiger partial charge in [-0.25, -0.2) is 18.5 Å². The van der Waals surface area contributed by atoms with Crippen LogP contribution in [0.5, 0.6) is 0 Å². The number of halogens is 3. The number of Topliss-reactive ketones (excluding diaryl/α,β-unsaturated/α-hetero) is 1. The van der Waals surface area contributed by atoms with E-state index >= 15 is 0 Å². The fourth-order valence-corrected chi connectivity index (χ4v) is 2.99. The van der Waals surface area contributed by atoms with Gasteiger partial charge >= 0.3 is 18.0 Å². The van der Waals surface area contributed by atoms with Crippen LogP contribution in [0.15, 0.2) is 41.1 Å². The van der Waals surface area contributed by atoms with Crippen molar-refractivity contribution in [2.24, 2.45) is 0 Å². The fourth-order valence-electron chi connectivity index (χ4n) is 2.99. The molecule has 0 amide bonds. The van der Waals surface area contributed by atoms with E-state index in [2.05, 4.69) is 4.74 Å². The van der Waals surface area contributed by atoms with Gasteiger partial charge in [-0.15, -0.1) is 0 Å². The van der Waals surface area contributed by atoms with E-state index in [9.17, 15) is 27.6 Å². The molecule has 0 saturated carbocycles. The number of fused-ring (bicyclic) bond motifs is 1. The van der Waals surface area contributed by atoms with Crippen molar-refractivity contribution in [3.8, 4) is 11.1 Å². The highest BCUT2D eigenvalue weighted by atomic mass is 19.3. The Morgan fingerprint density at radius 3 is 2.47 bits per heavy atom. The zero-order valence-electron chi connectivity index (χ0n) is 17.7. The molecule has 32 heavy (non-hydrogen) atoms. The van der Waals surface area contributed by atoms with E-state index in [1.165, 1.54) is 25.3 Å². The van der Waals surface area contributed by atoms with Crippen molar-refractivity contribution in [3.05, 3.63) is 48.3 Å². The molecular weight excluding hydrogens is 431 g/mol. The molecule has 7 nitrogen and oxygen atoms in total. The number of nitrogens with zero attached hydrogens (tertiary/aromatic N) is 1. The minimum Gasteiger partial charge on any atom is -0.461 e. The normalized spacial score (nSPS) is 12.1. The number of carbonyl (C=O) groups excluding carboxylic acids is 3. The Labute approximate surface area is 180 Å². The summed E-state index contributed by atoms with van der Waals surface area (Å²) in [5.41, 5.74) is -0.603. The van der Waals surface area contributed by atoms with Crippen LogP contribution in [0.2, 0.25) is 0 Å². The standard InChI is InChI=1S/C22H20F3NO6/c1-5-30-19(28)22(24,25)18(27)16-9-12(11-31-16)14-10-26(20(29)32-21(2,3)4)17-13(14)7-6-8-15(17)23/h6-11H,5H2,1-4H3. The van der Waals surface area contributed by atoms with Gasteiger partial charge in [0.15, 0.2) is 5.76 Å². The number of carbonyl (C=O) groups is 3. The molecule has 1 aromatic carbocycles. The fraction of sp³-hybridized carbons (Fsp3) is 0.318. The number of aromatic nitrogens is 1. The number of rotatable bonds is 5. The van der Waals surface area contributed by atoms with E-state index in [0.29, 0.717) is 0 Å². The lowest BCUT2D eigenvalue weighted by Crippen LogP contribution is -2.39. The third-order valence-electron chi connectivity index (χ3n) is 4.32. The molecule has 0 fully saturated rings. The van der Waals surface area contributed by atoms with Gasteiger partial charge in [0.05, 0.1) is 18.4 Å². The minimum absolute atomic E-state index is 0.0947. The molecule has 2 heterocycles. The molecule has 2 aromatic heterocycles. The highest BCUT2D eigenvalue weighted by molar-refractivity contribution is 6.13. The summed E-state index contributed by atoms with van der Waals surface area (Å²) in [7, 11) is 0. The molecule has 3 aromatic rings. The average Bonchev–Trinajstić information content (AvgIpc) is 3.31. The van der Waals surface area contributed by atoms with Crippen LogP contribution in [0.4, 0.5) is 18.0 Å². The largest absolute Gasteiger partial charge is 0.461 e. The van der Waals surface area contributed by atoms with Crippen molar-refractivity contribution in [3.63, 3.8) is 0 Å². The first-order valence-corrected chi connectivity index (χ1v) is 9.58. The van der Waals surface area contributed by atoms with E-state index in [1.807, 2.05) is 0 Å². The second-order valence-electron chi connectivity index (χ2n) is 7.85. The van der Waals surface area contributed by atoms with E-state index in [1.54, 1.807) is 20.8 Å². The van der Waals surface area contributed by atoms with Gasteiger partial charge in [0, 0.05) is 22.7 Å². The third kappa shape index (κ3) is 4.25. The zero-order chi connectivity index (χ0) is 23.8. The van der Waals surface area contributed by atoms with Crippen molar-refractivity contribution in [2.75, 3.05) is 6.61 Å². The Kier molecular flexibility index (Phi) is 5.90. The summed E-state index contributed by atoms with van der Waals surface area (Å²) in [6, 6.07) is 5.05. The maximum absolute atomic E-state index is 14.6. The van der Waals surface area contributed by atoms with Gasteiger partial charge in [0.1, 0.15) is 11.4 Å². The molecule has 0 radical (unpaired) electrons. The van der Waals surface area contributed by atoms with Gasteiger partial charge in [-0.1, -0.05) is 12.1 Å². The monoisotopic (exact) mass is 451 g/mol. The minimum atomic E-state index is -4.44. The number of esters is 1. The van der Waals surface area contributed by atoms with Crippen LogP contribution in [0.25, 0.3) is 22.0 Å². The molecule has 0 spiro atoms. The van der Waals surface area contributed by atoms with Crippen molar-refractivity contribution in [2.45, 2.75) is 39.2 Å². The molecule has 3 rings (SSSR count). The third-order valence-corrected chi connectivity index (χ3v) is 4.32. The van der Waals surface area contributed by atoms with Crippen LogP contribution in [-0.2, 0) is 14.3 Å². The summed E-state index contributed by atoms with van der Waals surface area (Å²) in [6.45, 7) is 5.92. The van der Waals surface area contributed by atoms with Gasteiger partial charge in [0.2, 0.25) is 0 Å². The lowest BCUT2D eigenvalue weighted by atomic mass is 10.1. The Balaban J connectivity index is 2.06. The second-order valence-corrected chi connectivity index (χ2v) is 7.85. The van der Waals surface area contributed by atoms with Crippen molar-refractivity contribution in [1.82, 2.24) is 4.57 Å². The molecule has 170 valence electrons. The highest BCUT2D eigenvalue weighted by Crippen LogP contribution is 2.35. The molecular formula is C22H20F3NO6. The molecule has 0 saturated heterocycles. The zero-order valence-corrected chi connectivity index (χ0v) is 17.7. The van der Waals surface area contributed by atoms with Crippen LogP contribution in [-0.4, -0.2) is 40.5 Å². The molecule has 0 bridgehead atoms. The summed E-state index contributed by atoms with van der Waals surface area (Å²) in [5, 5.41) is 0.257. The first-order valence-electron chi connectivity index (χ1n) is 9.58. The van der Waals surface area contributed by atoms with Gasteiger partial charge in [-0.05, 0) is 39.8 Å². The SMILES string of the molecule is CCOC(=O)C(F)(F)C(=O)c1cc(-c2cn(C(=O)OC(C)(C)C)c3c(F)cccc23)co1. The van der Waals surface area contributed by atoms with Crippen molar-refractivity contribution >= 4 is 28.7 Å². The predicted molar refractivity (Wildman–Crippen MR) is 107 cm³/mol. The highest BCUT2D eigenvalue weighted by Gasteiger charge is 2.50. The quantitative estimate of drug-likeness (QED) is 0.301. The van der Waals surface area contributed by atoms with Crippen LogP contribution in [0.3, 0.4) is 0 Å². The Bertz CT molecular complexity index is 1200. The second kappa shape index (κ2) is 8.18. The number of para-hydroxylation sites is 1. The smallest absolute Gasteiger partial charge is 0.419 e. The number of alkyl halides is 2. The number of furan rings is 1. The molecule has 0 aliphatic rings. The van der Waals surface area contributed by atoms with Crippen LogP contribution >= 0.6 is 0 Å². The Hall–Kier alpha value is -3.56. The topological polar surface area (TPSA) is 87.7 Å². The molecule has 10 heteroatoms. The average molecular weight is 451 g/mol. The van der Waals surface area contributed by atoms with Crippen LogP contribution < -0.4 is 0 Å². The summed E-state index contributed by atoms with van der Waals surface area (Å²) in [6.07, 6.45) is 1.39. The summed E-state index contributed by atoms with van der Waals surface area (Å²) in [4.78, 5) is 36.2. The van der Waals surface area contributed by atoms with Gasteiger partial charge in [-0.3, -0.25) is 4.79 Å². The van der Waals surface area contributed by atoms with E-state index in [-0.39, 0.29) is 28.6 Å². The van der Waals surface area contributed by atoms with Gasteiger partial charge in [-0.2, -0.15) is 8.78 Å². The van der Waals surface area contributed by atoms with E-state index in [0.717, 1.165) is 23.0 Å². The lowest BCUT2D eigenvalue weighted by molar-refractivity contribution is -0.164. The molecule has 0 unspecified atom stereocenters. The van der Waals surface area contributed by atoms with Gasteiger partial charge in [0.25, 0.3) is 5.78 Å². The maximum Gasteiger partial charge on any atom is 0.419 e. The van der Waals surface area contributed by atoms with Crippen molar-refractivity contribution in [1.29, 1.82) is 0 Å². The molecule has 0 aliphatic heterocycles. The molecule has 0 aliphatic carbocycles. The van der Waals surface area contributed by atoms with Crippen molar-refractivity contribution < 1.29 is 41.4 Å². The van der Waals surface area contributed by atoms with E-state index < -0.39 is 40.9 Å². The molecule has 0 atom stereocenters. The Morgan fingerprint density at radius 1 is 1.16 bits per heavy atom. The number of hydrogen-bond donors (Lipinski definition) is 0. The summed E-state index contributed by atoms with van der Waals surface area (Å²) in [5.74, 6) is -9.83. The number of ether oxygens (including phenoxy) is 2. The number of benzene rings is 1. The van der Waals surface area contributed by atoms with Crippen LogP contribution in [0.1, 0.15) is 38.2 Å². The summed E-state index contributed by atoms with van der Waals surface area (Å²) < 4.78 is 58.2. The number of ketones is 1. The Morgan fingerprint density at radius 2 is 1.84 bits per heavy atom. The first kappa shape index (κ1) is 23.1. The number of hydrogen-bond acceptors (Lipinski definition) is 6. The predicted octanol–water partition coefficient (Wildman–Crippen LogP) is 5.20. The summed E-state index contributed by atoms with van der Waals surface area (Å²) >= 11 is 0.